The van der Waals surface area contributed by atoms with Crippen molar-refractivity contribution in [2.75, 3.05) is 0 Å². The summed E-state index contributed by atoms with van der Waals surface area (Å²) in [7, 11) is -1.95. The molecule has 2 rings (SSSR count). The van der Waals surface area contributed by atoms with E-state index in [1.54, 1.807) is 12.1 Å². The number of carbonyl (C=O) groups is 1. The topological polar surface area (TPSA) is 57.2 Å². The Morgan fingerprint density at radius 2 is 1.72 bits per heavy atom. The molecule has 0 atom stereocenters. The Kier molecular flexibility index (Phi) is 5.61. The van der Waals surface area contributed by atoms with Crippen LogP contribution in [0.2, 0.25) is 16.6 Å². The molecule has 0 radical (unpaired) electrons. The zero-order chi connectivity index (χ0) is 18.9. The van der Waals surface area contributed by atoms with E-state index in [-0.39, 0.29) is 12.4 Å². The van der Waals surface area contributed by atoms with Gasteiger partial charge in [-0.05, 0) is 46.4 Å². The average molecular weight is 365 g/mol. The first-order valence-electron chi connectivity index (χ1n) is 8.84. The second kappa shape index (κ2) is 7.20. The maximum Gasteiger partial charge on any atom is 0.404 e. The summed E-state index contributed by atoms with van der Waals surface area (Å²) in [6, 6.07) is 5.35. The lowest BCUT2D eigenvalue weighted by Crippen LogP contribution is -2.51. The van der Waals surface area contributed by atoms with E-state index in [4.69, 9.17) is 10.5 Å². The molecule has 2 aromatic rings. The number of rotatable bonds is 6. The van der Waals surface area contributed by atoms with Gasteiger partial charge in [0.05, 0.1) is 0 Å². The van der Waals surface area contributed by atoms with Crippen molar-refractivity contribution in [3.63, 3.8) is 0 Å². The number of fused-ring (bicyclic) bond motifs is 1. The molecular formula is C19H29FN2O2Si. The number of benzene rings is 1. The zero-order valence-corrected chi connectivity index (χ0v) is 17.0. The summed E-state index contributed by atoms with van der Waals surface area (Å²) < 4.78 is 21.7. The summed E-state index contributed by atoms with van der Waals surface area (Å²) in [5.41, 5.74) is 7.80. The highest BCUT2D eigenvalue weighted by Gasteiger charge is 2.45. The fourth-order valence-corrected chi connectivity index (χ4v) is 11.2. The van der Waals surface area contributed by atoms with E-state index in [1.807, 2.05) is 6.07 Å². The van der Waals surface area contributed by atoms with Gasteiger partial charge in [-0.15, -0.1) is 0 Å². The number of amides is 1. The molecule has 4 nitrogen and oxygen atoms in total. The smallest absolute Gasteiger partial charge is 0.404 e. The molecule has 1 heterocycles. The molecule has 0 aliphatic heterocycles. The number of nitrogens with two attached hydrogens (primary N) is 1. The van der Waals surface area contributed by atoms with Crippen molar-refractivity contribution in [3.8, 4) is 0 Å². The predicted octanol–water partition coefficient (Wildman–Crippen LogP) is 5.40. The second-order valence-electron chi connectivity index (χ2n) is 7.65. The maximum atomic E-state index is 14.6. The zero-order valence-electron chi connectivity index (χ0n) is 16.0. The lowest BCUT2D eigenvalue weighted by molar-refractivity contribution is 0.149. The van der Waals surface area contributed by atoms with Crippen molar-refractivity contribution in [2.45, 2.75) is 64.8 Å². The minimum Gasteiger partial charge on any atom is -0.445 e. The molecule has 25 heavy (non-hydrogen) atoms. The van der Waals surface area contributed by atoms with E-state index in [9.17, 15) is 9.18 Å². The normalized spacial score (nSPS) is 12.6. The van der Waals surface area contributed by atoms with Crippen molar-refractivity contribution in [1.82, 2.24) is 4.23 Å². The molecule has 0 aliphatic carbocycles. The Morgan fingerprint density at radius 1 is 1.16 bits per heavy atom. The molecule has 0 saturated carbocycles. The quantitative estimate of drug-likeness (QED) is 0.698. The first-order valence-corrected chi connectivity index (χ1v) is 11.0. The lowest BCUT2D eigenvalue weighted by Gasteiger charge is -2.44. The van der Waals surface area contributed by atoms with E-state index in [0.29, 0.717) is 22.2 Å². The van der Waals surface area contributed by atoms with Crippen LogP contribution in [0.25, 0.3) is 10.9 Å². The van der Waals surface area contributed by atoms with Crippen LogP contribution in [0.5, 0.6) is 0 Å². The number of halogens is 1. The Hall–Kier alpha value is -1.82. The minimum atomic E-state index is -1.95. The molecule has 6 heteroatoms. The third-order valence-corrected chi connectivity index (χ3v) is 12.2. The monoisotopic (exact) mass is 364 g/mol. The predicted molar refractivity (Wildman–Crippen MR) is 103 cm³/mol. The maximum absolute atomic E-state index is 14.6. The first kappa shape index (κ1) is 19.5. The summed E-state index contributed by atoms with van der Waals surface area (Å²) in [6.45, 7) is 13.5. The van der Waals surface area contributed by atoms with Crippen LogP contribution in [-0.2, 0) is 11.3 Å². The van der Waals surface area contributed by atoms with Gasteiger partial charge in [0.1, 0.15) is 12.4 Å². The van der Waals surface area contributed by atoms with Crippen LogP contribution in [0, 0.1) is 5.82 Å². The van der Waals surface area contributed by atoms with Crippen LogP contribution in [0.15, 0.2) is 24.4 Å². The van der Waals surface area contributed by atoms with Crippen LogP contribution in [-0.4, -0.2) is 18.6 Å². The molecule has 0 bridgehead atoms. The number of carbonyl (C=O) groups excluding carboxylic acids is 1. The molecule has 0 saturated heterocycles. The number of hydrogen-bond acceptors (Lipinski definition) is 2. The van der Waals surface area contributed by atoms with Crippen LogP contribution < -0.4 is 5.73 Å². The van der Waals surface area contributed by atoms with E-state index >= 15 is 0 Å². The molecule has 1 aromatic carbocycles. The summed E-state index contributed by atoms with van der Waals surface area (Å²) >= 11 is 0. The van der Waals surface area contributed by atoms with Crippen molar-refractivity contribution >= 4 is 25.2 Å². The molecule has 1 amide bonds. The average Bonchev–Trinajstić information content (AvgIpc) is 2.87. The third kappa shape index (κ3) is 3.32. The highest BCUT2D eigenvalue weighted by Crippen LogP contribution is 2.44. The van der Waals surface area contributed by atoms with Gasteiger partial charge in [-0.3, -0.25) is 0 Å². The van der Waals surface area contributed by atoms with Gasteiger partial charge in [0.15, 0.2) is 8.24 Å². The number of primary amides is 1. The molecular weight excluding hydrogens is 335 g/mol. The Morgan fingerprint density at radius 3 is 2.20 bits per heavy atom. The molecule has 0 unspecified atom stereocenters. The van der Waals surface area contributed by atoms with Crippen molar-refractivity contribution in [2.24, 2.45) is 5.73 Å². The molecule has 0 spiro atoms. The van der Waals surface area contributed by atoms with Gasteiger partial charge >= 0.3 is 6.09 Å². The highest BCUT2D eigenvalue weighted by molar-refractivity contribution is 6.82. The number of hydrogen-bond donors (Lipinski definition) is 1. The summed E-state index contributed by atoms with van der Waals surface area (Å²) in [5.74, 6) is -0.368. The Balaban J connectivity index is 2.63. The largest absolute Gasteiger partial charge is 0.445 e. The van der Waals surface area contributed by atoms with E-state index in [0.717, 1.165) is 10.9 Å². The van der Waals surface area contributed by atoms with E-state index < -0.39 is 14.3 Å². The molecule has 0 aliphatic rings. The van der Waals surface area contributed by atoms with Gasteiger partial charge in [0.2, 0.25) is 0 Å². The molecule has 1 aromatic heterocycles. The van der Waals surface area contributed by atoms with Gasteiger partial charge in [0.25, 0.3) is 0 Å². The van der Waals surface area contributed by atoms with Gasteiger partial charge in [-0.2, -0.15) is 0 Å². The van der Waals surface area contributed by atoms with Crippen molar-refractivity contribution in [1.29, 1.82) is 0 Å². The first-order chi connectivity index (χ1) is 11.6. The van der Waals surface area contributed by atoms with Crippen LogP contribution in [0.1, 0.15) is 47.1 Å². The standard InChI is InChI=1S/C19H29FN2O2Si/c1-12(2)25(13(3)4,14(5)6)22-8-7-15-9-16(11-24-19(21)23)17(20)10-18(15)22/h7-10,12-14H,11H2,1-6H3,(H2,21,23). The number of nitrogens with zero attached hydrogens (tertiary/aromatic N) is 1. The molecule has 0 fully saturated rings. The van der Waals surface area contributed by atoms with Crippen LogP contribution in [0.4, 0.5) is 9.18 Å². The Bertz CT molecular complexity index is 746. The summed E-state index contributed by atoms with van der Waals surface area (Å²) in [4.78, 5) is 10.8. The Labute approximate surface area is 150 Å². The number of aromatic nitrogens is 1. The number of ether oxygens (including phenoxy) is 1. The summed E-state index contributed by atoms with van der Waals surface area (Å²) in [5, 5.41) is 0.961. The van der Waals surface area contributed by atoms with Gasteiger partial charge in [-0.1, -0.05) is 41.5 Å². The van der Waals surface area contributed by atoms with E-state index in [2.05, 4.69) is 52.0 Å². The van der Waals surface area contributed by atoms with Crippen LogP contribution in [0.3, 0.4) is 0 Å². The van der Waals surface area contributed by atoms with Crippen LogP contribution >= 0.6 is 0 Å². The minimum absolute atomic E-state index is 0.149. The lowest BCUT2D eigenvalue weighted by atomic mass is 10.1. The van der Waals surface area contributed by atoms with Gasteiger partial charge in [-0.25, -0.2) is 9.18 Å². The fraction of sp³-hybridized carbons (Fsp3) is 0.526. The van der Waals surface area contributed by atoms with Gasteiger partial charge in [0, 0.05) is 11.1 Å². The second-order valence-corrected chi connectivity index (χ2v) is 13.4. The molecule has 138 valence electrons. The third-order valence-electron chi connectivity index (χ3n) is 5.42. The highest BCUT2D eigenvalue weighted by atomic mass is 28.3. The molecule has 2 N–H and O–H groups in total. The SMILES string of the molecule is CC(C)[Si](C(C)C)(C(C)C)n1ccc2cc(COC(N)=O)c(F)cc21. The fourth-order valence-electron chi connectivity index (χ4n) is 4.64. The van der Waals surface area contributed by atoms with Crippen molar-refractivity contribution in [3.05, 3.63) is 35.8 Å². The van der Waals surface area contributed by atoms with Crippen molar-refractivity contribution < 1.29 is 13.9 Å². The van der Waals surface area contributed by atoms with E-state index in [1.165, 1.54) is 0 Å². The van der Waals surface area contributed by atoms with Gasteiger partial charge < -0.3 is 14.7 Å². The summed E-state index contributed by atoms with van der Waals surface area (Å²) in [6.07, 6.45) is 1.21.